The fourth-order valence-corrected chi connectivity index (χ4v) is 4.00. The largest absolute Gasteiger partial charge is 0.379 e. The Labute approximate surface area is 199 Å². The molecule has 1 aliphatic carbocycles. The van der Waals surface area contributed by atoms with Crippen LogP contribution in [0.2, 0.25) is 0 Å². The molecular weight excluding hydrogens is 428 g/mol. The molecule has 0 aromatic carbocycles. The second-order valence-corrected chi connectivity index (χ2v) is 9.07. The lowest BCUT2D eigenvalue weighted by Crippen LogP contribution is -2.21. The highest BCUT2D eigenvalue weighted by Crippen LogP contribution is 2.31. The van der Waals surface area contributed by atoms with E-state index < -0.39 is 0 Å². The first kappa shape index (κ1) is 22.1. The van der Waals surface area contributed by atoms with Crippen LogP contribution in [-0.2, 0) is 9.53 Å². The van der Waals surface area contributed by atoms with E-state index in [2.05, 4.69) is 37.4 Å². The molecule has 8 nitrogen and oxygen atoms in total. The van der Waals surface area contributed by atoms with Gasteiger partial charge in [0.15, 0.2) is 0 Å². The van der Waals surface area contributed by atoms with E-state index in [0.717, 1.165) is 59.3 Å². The van der Waals surface area contributed by atoms with Crippen LogP contribution in [0.15, 0.2) is 30.7 Å². The van der Waals surface area contributed by atoms with Gasteiger partial charge in [0.25, 0.3) is 0 Å². The number of aryl methyl sites for hydroxylation is 1. The van der Waals surface area contributed by atoms with Crippen LogP contribution < -0.4 is 15.5 Å². The highest BCUT2D eigenvalue weighted by molar-refractivity contribution is 5.96. The van der Waals surface area contributed by atoms with Gasteiger partial charge in [-0.2, -0.15) is 0 Å². The van der Waals surface area contributed by atoms with Gasteiger partial charge in [-0.25, -0.2) is 9.97 Å². The fraction of sp³-hybridized carbons (Fsp3) is 0.385. The predicted molar refractivity (Wildman–Crippen MR) is 133 cm³/mol. The summed E-state index contributed by atoms with van der Waals surface area (Å²) in [5, 5.41) is 8.27. The number of nitrogens with zero attached hydrogens (tertiary/aromatic N) is 4. The number of aromatic nitrogens is 3. The average Bonchev–Trinajstić information content (AvgIpc) is 3.56. The van der Waals surface area contributed by atoms with Gasteiger partial charge in [-0.3, -0.25) is 9.78 Å². The summed E-state index contributed by atoms with van der Waals surface area (Å²) >= 11 is 0. The molecule has 34 heavy (non-hydrogen) atoms. The maximum atomic E-state index is 12.2. The molecule has 0 radical (unpaired) electrons. The molecular formula is C26H28N6O2. The molecule has 2 fully saturated rings. The molecule has 3 aromatic rings. The smallest absolute Gasteiger partial charge is 0.228 e. The number of amides is 1. The standard InChI is InChI=1S/C26H28N6O2/c1-16-22-13-29-25(31-26(33)17-4-5-17)11-21(22)18(12-27-16)6-7-19-10-24(32(2)3)23(14-28-19)30-20-8-9-34-15-20/h10-14,17,20,30H,4-5,8-9,15H2,1-3H3,(H,29,31,33). The Morgan fingerprint density at radius 2 is 1.91 bits per heavy atom. The van der Waals surface area contributed by atoms with Gasteiger partial charge >= 0.3 is 0 Å². The van der Waals surface area contributed by atoms with Crippen LogP contribution in [0.4, 0.5) is 17.2 Å². The zero-order chi connectivity index (χ0) is 23.7. The van der Waals surface area contributed by atoms with Crippen molar-refractivity contribution in [2.24, 2.45) is 5.92 Å². The Morgan fingerprint density at radius 1 is 1.06 bits per heavy atom. The molecule has 1 saturated carbocycles. The van der Waals surface area contributed by atoms with Gasteiger partial charge < -0.3 is 20.3 Å². The summed E-state index contributed by atoms with van der Waals surface area (Å²) < 4.78 is 5.48. The Morgan fingerprint density at radius 3 is 2.65 bits per heavy atom. The maximum absolute atomic E-state index is 12.2. The minimum Gasteiger partial charge on any atom is -0.379 e. The van der Waals surface area contributed by atoms with E-state index >= 15 is 0 Å². The first-order valence-electron chi connectivity index (χ1n) is 11.6. The number of fused-ring (bicyclic) bond motifs is 1. The number of carbonyl (C=O) groups excluding carboxylic acids is 1. The van der Waals surface area contributed by atoms with E-state index in [0.29, 0.717) is 24.2 Å². The molecule has 5 rings (SSSR count). The summed E-state index contributed by atoms with van der Waals surface area (Å²) in [6, 6.07) is 4.16. The zero-order valence-corrected chi connectivity index (χ0v) is 19.7. The summed E-state index contributed by atoms with van der Waals surface area (Å²) in [5.41, 5.74) is 4.29. The SMILES string of the molecule is Cc1ncc(C#Cc2cc(N(C)C)c(NC3CCOC3)cn2)c2cc(NC(=O)C3CC3)ncc12. The lowest BCUT2D eigenvalue weighted by molar-refractivity contribution is -0.117. The molecule has 1 saturated heterocycles. The van der Waals surface area contributed by atoms with E-state index in [4.69, 9.17) is 4.74 Å². The van der Waals surface area contributed by atoms with E-state index in [1.165, 1.54) is 0 Å². The molecule has 174 valence electrons. The van der Waals surface area contributed by atoms with Crippen LogP contribution in [0.5, 0.6) is 0 Å². The van der Waals surface area contributed by atoms with Crippen LogP contribution in [-0.4, -0.2) is 54.2 Å². The van der Waals surface area contributed by atoms with E-state index in [1.807, 2.05) is 44.2 Å². The van der Waals surface area contributed by atoms with Crippen molar-refractivity contribution in [3.05, 3.63) is 47.7 Å². The summed E-state index contributed by atoms with van der Waals surface area (Å²) in [7, 11) is 4.01. The lowest BCUT2D eigenvalue weighted by atomic mass is 10.1. The average molecular weight is 457 g/mol. The zero-order valence-electron chi connectivity index (χ0n) is 19.7. The molecule has 3 aromatic heterocycles. The number of carbonyl (C=O) groups is 1. The third kappa shape index (κ3) is 4.80. The van der Waals surface area contributed by atoms with Crippen LogP contribution in [0.3, 0.4) is 0 Å². The first-order chi connectivity index (χ1) is 16.5. The summed E-state index contributed by atoms with van der Waals surface area (Å²) in [4.78, 5) is 27.7. The minimum absolute atomic E-state index is 0.0311. The van der Waals surface area contributed by atoms with Crippen molar-refractivity contribution in [3.8, 4) is 11.8 Å². The van der Waals surface area contributed by atoms with E-state index in [1.54, 1.807) is 12.4 Å². The van der Waals surface area contributed by atoms with Gasteiger partial charge in [-0.1, -0.05) is 5.92 Å². The number of pyridine rings is 3. The molecule has 1 unspecified atom stereocenters. The molecule has 2 aliphatic rings. The molecule has 0 spiro atoms. The Bertz CT molecular complexity index is 1300. The second kappa shape index (κ2) is 9.27. The lowest BCUT2D eigenvalue weighted by Gasteiger charge is -2.20. The quantitative estimate of drug-likeness (QED) is 0.569. The highest BCUT2D eigenvalue weighted by Gasteiger charge is 2.29. The maximum Gasteiger partial charge on any atom is 0.228 e. The van der Waals surface area contributed by atoms with Crippen molar-refractivity contribution in [2.75, 3.05) is 42.8 Å². The molecule has 1 atom stereocenters. The summed E-state index contributed by atoms with van der Waals surface area (Å²) in [6.07, 6.45) is 8.23. The molecule has 4 heterocycles. The van der Waals surface area contributed by atoms with Crippen molar-refractivity contribution in [3.63, 3.8) is 0 Å². The van der Waals surface area contributed by atoms with Gasteiger partial charge in [0, 0.05) is 55.5 Å². The van der Waals surface area contributed by atoms with Crippen LogP contribution >= 0.6 is 0 Å². The number of rotatable bonds is 5. The van der Waals surface area contributed by atoms with Gasteiger partial charge in [-0.05, 0) is 44.2 Å². The monoisotopic (exact) mass is 456 g/mol. The van der Waals surface area contributed by atoms with Crippen molar-refractivity contribution in [2.45, 2.75) is 32.2 Å². The van der Waals surface area contributed by atoms with Crippen LogP contribution in [0.1, 0.15) is 36.2 Å². The number of ether oxygens (including phenoxy) is 1. The highest BCUT2D eigenvalue weighted by atomic mass is 16.5. The summed E-state index contributed by atoms with van der Waals surface area (Å²) in [5.74, 6) is 7.11. The van der Waals surface area contributed by atoms with Crippen LogP contribution in [0, 0.1) is 24.7 Å². The Balaban J connectivity index is 1.45. The minimum atomic E-state index is 0.0311. The Kier molecular flexibility index (Phi) is 6.03. The number of hydrogen-bond donors (Lipinski definition) is 2. The van der Waals surface area contributed by atoms with Gasteiger partial charge in [0.05, 0.1) is 35.8 Å². The normalized spacial score (nSPS) is 17.2. The third-order valence-electron chi connectivity index (χ3n) is 6.15. The summed E-state index contributed by atoms with van der Waals surface area (Å²) in [6.45, 7) is 3.43. The van der Waals surface area contributed by atoms with E-state index in [-0.39, 0.29) is 11.8 Å². The van der Waals surface area contributed by atoms with E-state index in [9.17, 15) is 4.79 Å². The van der Waals surface area contributed by atoms with Crippen molar-refractivity contribution < 1.29 is 9.53 Å². The van der Waals surface area contributed by atoms with Gasteiger partial charge in [0.2, 0.25) is 5.91 Å². The van der Waals surface area contributed by atoms with Crippen molar-refractivity contribution >= 4 is 33.9 Å². The van der Waals surface area contributed by atoms with Gasteiger partial charge in [0.1, 0.15) is 11.5 Å². The number of hydrogen-bond acceptors (Lipinski definition) is 7. The van der Waals surface area contributed by atoms with Crippen molar-refractivity contribution in [1.82, 2.24) is 15.0 Å². The molecule has 1 aliphatic heterocycles. The van der Waals surface area contributed by atoms with Crippen LogP contribution in [0.25, 0.3) is 10.8 Å². The fourth-order valence-electron chi connectivity index (χ4n) is 4.00. The first-order valence-corrected chi connectivity index (χ1v) is 11.6. The third-order valence-corrected chi connectivity index (χ3v) is 6.15. The van der Waals surface area contributed by atoms with Crippen molar-refractivity contribution in [1.29, 1.82) is 0 Å². The molecule has 1 amide bonds. The van der Waals surface area contributed by atoms with Gasteiger partial charge in [-0.15, -0.1) is 0 Å². The molecule has 8 heteroatoms. The molecule has 2 N–H and O–H groups in total. The Hall–Kier alpha value is -3.70. The topological polar surface area (TPSA) is 92.3 Å². The molecule has 0 bridgehead atoms. The second-order valence-electron chi connectivity index (χ2n) is 9.07. The number of anilines is 3. The number of nitrogens with one attached hydrogen (secondary N) is 2. The predicted octanol–water partition coefficient (Wildman–Crippen LogP) is 3.35.